The zero-order valence-corrected chi connectivity index (χ0v) is 12.8. The summed E-state index contributed by atoms with van der Waals surface area (Å²) >= 11 is 5.79. The van der Waals surface area contributed by atoms with Crippen LogP contribution in [0.2, 0.25) is 5.02 Å². The average Bonchev–Trinajstić information content (AvgIpc) is 2.43. The SMILES string of the molecule is COC(=O)CCN(C)S(=O)(=O)c1ccc([N+](=O)[O-])cc1Cl. The molecule has 10 heteroatoms. The van der Waals surface area contributed by atoms with Gasteiger partial charge in [0.15, 0.2) is 0 Å². The maximum absolute atomic E-state index is 12.3. The number of carbonyl (C=O) groups excluding carboxylic acids is 1. The minimum Gasteiger partial charge on any atom is -0.469 e. The molecule has 0 N–H and O–H groups in total. The number of hydrogen-bond donors (Lipinski definition) is 0. The van der Waals surface area contributed by atoms with E-state index in [1.165, 1.54) is 14.2 Å². The van der Waals surface area contributed by atoms with Crippen LogP contribution in [0.4, 0.5) is 5.69 Å². The maximum Gasteiger partial charge on any atom is 0.306 e. The quantitative estimate of drug-likeness (QED) is 0.442. The first-order chi connectivity index (χ1) is 9.70. The van der Waals surface area contributed by atoms with E-state index in [0.29, 0.717) is 0 Å². The van der Waals surface area contributed by atoms with Crippen molar-refractivity contribution in [2.24, 2.45) is 0 Å². The molecule has 0 saturated carbocycles. The van der Waals surface area contributed by atoms with E-state index >= 15 is 0 Å². The first-order valence-electron chi connectivity index (χ1n) is 5.67. The number of sulfonamides is 1. The van der Waals surface area contributed by atoms with Crippen LogP contribution in [0.3, 0.4) is 0 Å². The number of ether oxygens (including phenoxy) is 1. The van der Waals surface area contributed by atoms with E-state index in [1.54, 1.807) is 0 Å². The molecule has 0 bridgehead atoms. The number of methoxy groups -OCH3 is 1. The van der Waals surface area contributed by atoms with Gasteiger partial charge in [0.25, 0.3) is 5.69 Å². The fourth-order valence-corrected chi connectivity index (χ4v) is 3.13. The van der Waals surface area contributed by atoms with Crippen molar-refractivity contribution >= 4 is 33.3 Å². The van der Waals surface area contributed by atoms with Crippen LogP contribution in [0.25, 0.3) is 0 Å². The highest BCUT2D eigenvalue weighted by molar-refractivity contribution is 7.89. The minimum atomic E-state index is -3.94. The zero-order chi connectivity index (χ0) is 16.2. The Labute approximate surface area is 126 Å². The molecule has 0 heterocycles. The average molecular weight is 337 g/mol. The van der Waals surface area contributed by atoms with Gasteiger partial charge in [0.2, 0.25) is 10.0 Å². The summed E-state index contributed by atoms with van der Waals surface area (Å²) in [5, 5.41) is 10.3. The van der Waals surface area contributed by atoms with Crippen molar-refractivity contribution in [3.05, 3.63) is 33.3 Å². The van der Waals surface area contributed by atoms with Gasteiger partial charge in [-0.2, -0.15) is 0 Å². The van der Waals surface area contributed by atoms with Crippen LogP contribution in [0, 0.1) is 10.1 Å². The van der Waals surface area contributed by atoms with Gasteiger partial charge in [-0.1, -0.05) is 11.6 Å². The third-order valence-electron chi connectivity index (χ3n) is 2.67. The van der Waals surface area contributed by atoms with Gasteiger partial charge in [0.05, 0.1) is 23.5 Å². The van der Waals surface area contributed by atoms with Gasteiger partial charge in [0.1, 0.15) is 4.90 Å². The standard InChI is InChI=1S/C11H13ClN2O6S/c1-13(6-5-11(15)20-2)21(18,19)10-4-3-8(14(16)17)7-9(10)12/h3-4,7H,5-6H2,1-2H3. The third kappa shape index (κ3) is 4.13. The summed E-state index contributed by atoms with van der Waals surface area (Å²) in [5.74, 6) is -0.549. The van der Waals surface area contributed by atoms with E-state index in [1.807, 2.05) is 0 Å². The van der Waals surface area contributed by atoms with Crippen LogP contribution in [-0.2, 0) is 19.6 Å². The molecule has 0 spiro atoms. The summed E-state index contributed by atoms with van der Waals surface area (Å²) in [6.07, 6.45) is -0.114. The first kappa shape index (κ1) is 17.3. The molecule has 0 saturated heterocycles. The molecular weight excluding hydrogens is 324 g/mol. The number of benzene rings is 1. The molecule has 0 atom stereocenters. The molecule has 8 nitrogen and oxygen atoms in total. The van der Waals surface area contributed by atoms with E-state index in [9.17, 15) is 23.3 Å². The van der Waals surface area contributed by atoms with E-state index in [0.717, 1.165) is 22.5 Å². The number of hydrogen-bond acceptors (Lipinski definition) is 6. The van der Waals surface area contributed by atoms with Crippen molar-refractivity contribution in [2.45, 2.75) is 11.3 Å². The Hall–Kier alpha value is -1.71. The molecule has 0 aliphatic carbocycles. The number of rotatable bonds is 6. The predicted molar refractivity (Wildman–Crippen MR) is 74.6 cm³/mol. The zero-order valence-electron chi connectivity index (χ0n) is 11.3. The lowest BCUT2D eigenvalue weighted by atomic mass is 10.3. The van der Waals surface area contributed by atoms with Gasteiger partial charge in [-0.3, -0.25) is 14.9 Å². The maximum atomic E-state index is 12.3. The monoisotopic (exact) mass is 336 g/mol. The van der Waals surface area contributed by atoms with Crippen LogP contribution in [0.5, 0.6) is 0 Å². The molecule has 0 amide bonds. The Bertz CT molecular complexity index is 661. The molecule has 1 aromatic rings. The largest absolute Gasteiger partial charge is 0.469 e. The van der Waals surface area contributed by atoms with Gasteiger partial charge in [-0.15, -0.1) is 0 Å². The molecule has 0 aromatic heterocycles. The molecular formula is C11H13ClN2O6S. The van der Waals surface area contributed by atoms with Crippen molar-refractivity contribution in [1.82, 2.24) is 4.31 Å². The van der Waals surface area contributed by atoms with Crippen LogP contribution < -0.4 is 0 Å². The Morgan fingerprint density at radius 3 is 2.57 bits per heavy atom. The van der Waals surface area contributed by atoms with E-state index in [-0.39, 0.29) is 28.6 Å². The van der Waals surface area contributed by atoms with Crippen molar-refractivity contribution in [1.29, 1.82) is 0 Å². The Kier molecular flexibility index (Phi) is 5.64. The Morgan fingerprint density at radius 2 is 2.10 bits per heavy atom. The lowest BCUT2D eigenvalue weighted by molar-refractivity contribution is -0.384. The third-order valence-corrected chi connectivity index (χ3v) is 5.01. The lowest BCUT2D eigenvalue weighted by Gasteiger charge is -2.17. The number of halogens is 1. The van der Waals surface area contributed by atoms with Crippen LogP contribution >= 0.6 is 11.6 Å². The molecule has 0 aliphatic heterocycles. The first-order valence-corrected chi connectivity index (χ1v) is 7.49. The minimum absolute atomic E-state index is 0.0949. The summed E-state index contributed by atoms with van der Waals surface area (Å²) in [6, 6.07) is 3.07. The number of nitro groups is 1. The summed E-state index contributed by atoms with van der Waals surface area (Å²) in [5.41, 5.74) is -0.309. The summed E-state index contributed by atoms with van der Waals surface area (Å²) < 4.78 is 29.9. The fourth-order valence-electron chi connectivity index (χ4n) is 1.45. The molecule has 0 radical (unpaired) electrons. The molecule has 1 rings (SSSR count). The topological polar surface area (TPSA) is 107 Å². The Balaban J connectivity index is 3.02. The molecule has 1 aromatic carbocycles. The molecule has 21 heavy (non-hydrogen) atoms. The molecule has 116 valence electrons. The summed E-state index contributed by atoms with van der Waals surface area (Å²) in [4.78, 5) is 20.7. The number of esters is 1. The Morgan fingerprint density at radius 1 is 1.48 bits per heavy atom. The van der Waals surface area contributed by atoms with Crippen LogP contribution in [0.1, 0.15) is 6.42 Å². The number of non-ortho nitro benzene ring substituents is 1. The van der Waals surface area contributed by atoms with Crippen molar-refractivity contribution < 1.29 is 22.9 Å². The van der Waals surface area contributed by atoms with Crippen molar-refractivity contribution in [3.63, 3.8) is 0 Å². The van der Waals surface area contributed by atoms with Crippen molar-refractivity contribution in [2.75, 3.05) is 20.7 Å². The van der Waals surface area contributed by atoms with E-state index < -0.39 is 20.9 Å². The van der Waals surface area contributed by atoms with Gasteiger partial charge in [0, 0.05) is 25.7 Å². The molecule has 0 aliphatic rings. The fraction of sp³-hybridized carbons (Fsp3) is 0.364. The highest BCUT2D eigenvalue weighted by Gasteiger charge is 2.25. The van der Waals surface area contributed by atoms with Crippen molar-refractivity contribution in [3.8, 4) is 0 Å². The van der Waals surface area contributed by atoms with Crippen LogP contribution in [0.15, 0.2) is 23.1 Å². The second kappa shape index (κ2) is 6.83. The summed E-state index contributed by atoms with van der Waals surface area (Å²) in [6.45, 7) is -0.0949. The normalized spacial score (nSPS) is 11.4. The highest BCUT2D eigenvalue weighted by Crippen LogP contribution is 2.28. The van der Waals surface area contributed by atoms with E-state index in [2.05, 4.69) is 4.74 Å². The lowest BCUT2D eigenvalue weighted by Crippen LogP contribution is -2.29. The van der Waals surface area contributed by atoms with Gasteiger partial charge in [-0.25, -0.2) is 12.7 Å². The molecule has 0 fully saturated rings. The van der Waals surface area contributed by atoms with Gasteiger partial charge < -0.3 is 4.74 Å². The molecule has 0 unspecified atom stereocenters. The van der Waals surface area contributed by atoms with Crippen LogP contribution in [-0.4, -0.2) is 44.3 Å². The predicted octanol–water partition coefficient (Wildman–Crippen LogP) is 1.43. The second-order valence-corrected chi connectivity index (χ2v) is 6.45. The second-order valence-electron chi connectivity index (χ2n) is 4.02. The van der Waals surface area contributed by atoms with E-state index in [4.69, 9.17) is 11.6 Å². The smallest absolute Gasteiger partial charge is 0.306 e. The highest BCUT2D eigenvalue weighted by atomic mass is 35.5. The number of carbonyl (C=O) groups is 1. The van der Waals surface area contributed by atoms with Gasteiger partial charge in [-0.05, 0) is 6.07 Å². The van der Waals surface area contributed by atoms with Gasteiger partial charge >= 0.3 is 5.97 Å². The number of nitrogens with zero attached hydrogens (tertiary/aromatic N) is 2. The summed E-state index contributed by atoms with van der Waals surface area (Å²) in [7, 11) is -1.47. The number of nitro benzene ring substituents is 1.